The molecule has 0 aliphatic heterocycles. The lowest BCUT2D eigenvalue weighted by Gasteiger charge is -2.18. The van der Waals surface area contributed by atoms with Crippen molar-refractivity contribution in [2.45, 2.75) is 44.6 Å². The van der Waals surface area contributed by atoms with Crippen LogP contribution in [-0.2, 0) is 6.42 Å². The Morgan fingerprint density at radius 3 is 2.68 bits per heavy atom. The van der Waals surface area contributed by atoms with Gasteiger partial charge in [-0.15, -0.1) is 0 Å². The van der Waals surface area contributed by atoms with E-state index in [1.165, 1.54) is 59.5 Å². The van der Waals surface area contributed by atoms with Gasteiger partial charge in [-0.3, -0.25) is 9.17 Å². The molecule has 4 heteroatoms. The minimum absolute atomic E-state index is 0.0493. The smallest absolute Gasteiger partial charge is 0.258 e. The first-order valence-corrected chi connectivity index (χ1v) is 10.9. The third-order valence-electron chi connectivity index (χ3n) is 5.79. The van der Waals surface area contributed by atoms with Crippen LogP contribution in [0, 0.1) is 0 Å². The molecule has 1 atom stereocenters. The molecule has 1 N–H and O–H groups in total. The summed E-state index contributed by atoms with van der Waals surface area (Å²) in [7, 11) is 0. The molecule has 0 fully saturated rings. The number of nitrogens with one attached hydrogen (secondary N) is 1. The summed E-state index contributed by atoms with van der Waals surface area (Å²) in [5.74, 6) is 0.881. The average molecular weight is 390 g/mol. The van der Waals surface area contributed by atoms with Crippen molar-refractivity contribution in [3.8, 4) is 16.2 Å². The van der Waals surface area contributed by atoms with E-state index in [9.17, 15) is 4.79 Å². The van der Waals surface area contributed by atoms with E-state index in [1.54, 1.807) is 6.07 Å². The van der Waals surface area contributed by atoms with Crippen molar-refractivity contribution in [2.75, 3.05) is 0 Å². The lowest BCUT2D eigenvalue weighted by molar-refractivity contribution is 0.207. The molecular weight excluding hydrogens is 366 g/mol. The molecule has 3 aromatic rings. The van der Waals surface area contributed by atoms with Crippen LogP contribution in [0.1, 0.15) is 54.9 Å². The molecule has 0 saturated carbocycles. The number of ether oxygens (including phenoxy) is 1. The highest BCUT2D eigenvalue weighted by molar-refractivity contribution is 7.09. The van der Waals surface area contributed by atoms with Gasteiger partial charge in [0.2, 0.25) is 0 Å². The van der Waals surface area contributed by atoms with Gasteiger partial charge < -0.3 is 4.74 Å². The fourth-order valence-electron chi connectivity index (χ4n) is 4.41. The summed E-state index contributed by atoms with van der Waals surface area (Å²) in [6.45, 7) is 0. The number of benzene rings is 2. The van der Waals surface area contributed by atoms with Gasteiger partial charge in [0.15, 0.2) is 0 Å². The molecule has 0 amide bonds. The van der Waals surface area contributed by atoms with E-state index in [0.717, 1.165) is 29.0 Å². The van der Waals surface area contributed by atoms with Crippen molar-refractivity contribution < 1.29 is 4.74 Å². The number of hydrogen-bond donors (Lipinski definition) is 1. The molecule has 0 unspecified atom stereocenters. The zero-order chi connectivity index (χ0) is 18.9. The maximum absolute atomic E-state index is 11.3. The van der Waals surface area contributed by atoms with Gasteiger partial charge in [-0.2, -0.15) is 0 Å². The van der Waals surface area contributed by atoms with Crippen LogP contribution in [0.2, 0.25) is 0 Å². The highest BCUT2D eigenvalue weighted by Crippen LogP contribution is 2.40. The Labute approximate surface area is 168 Å². The zero-order valence-electron chi connectivity index (χ0n) is 15.7. The highest BCUT2D eigenvalue weighted by atomic mass is 32.1. The second-order valence-corrected chi connectivity index (χ2v) is 8.44. The van der Waals surface area contributed by atoms with E-state index in [0.29, 0.717) is 0 Å². The van der Waals surface area contributed by atoms with Crippen molar-refractivity contribution in [2.24, 2.45) is 0 Å². The molecule has 2 aliphatic carbocycles. The molecule has 1 aromatic heterocycles. The number of fused-ring (bicyclic) bond motifs is 1. The Balaban J connectivity index is 1.37. The third kappa shape index (κ3) is 3.33. The average Bonchev–Trinajstić information content (AvgIpc) is 3.36. The molecule has 28 heavy (non-hydrogen) atoms. The largest absolute Gasteiger partial charge is 0.486 e. The molecule has 0 bridgehead atoms. The van der Waals surface area contributed by atoms with Crippen LogP contribution in [0.5, 0.6) is 5.75 Å². The predicted octanol–water partition coefficient (Wildman–Crippen LogP) is 6.13. The van der Waals surface area contributed by atoms with Crippen molar-refractivity contribution in [1.82, 2.24) is 4.37 Å². The second kappa shape index (κ2) is 7.44. The Hall–Kier alpha value is -2.59. The molecule has 1 heterocycles. The van der Waals surface area contributed by atoms with Crippen molar-refractivity contribution in [3.05, 3.63) is 81.7 Å². The molecular formula is C24H23NO2S. The molecule has 0 saturated heterocycles. The summed E-state index contributed by atoms with van der Waals surface area (Å²) in [5.41, 5.74) is 6.78. The van der Waals surface area contributed by atoms with Crippen molar-refractivity contribution in [1.29, 1.82) is 0 Å². The lowest BCUT2D eigenvalue weighted by atomic mass is 9.89. The molecule has 142 valence electrons. The lowest BCUT2D eigenvalue weighted by Crippen LogP contribution is -2.04. The van der Waals surface area contributed by atoms with Crippen LogP contribution in [0.25, 0.3) is 16.0 Å². The molecule has 0 radical (unpaired) electrons. The Morgan fingerprint density at radius 1 is 1.04 bits per heavy atom. The molecule has 0 spiro atoms. The Bertz CT molecular complexity index is 1070. The van der Waals surface area contributed by atoms with Crippen LogP contribution >= 0.6 is 11.5 Å². The van der Waals surface area contributed by atoms with Gasteiger partial charge in [0.25, 0.3) is 5.56 Å². The van der Waals surface area contributed by atoms with Crippen molar-refractivity contribution >= 4 is 17.1 Å². The van der Waals surface area contributed by atoms with Crippen LogP contribution in [0.4, 0.5) is 0 Å². The maximum atomic E-state index is 11.3. The molecule has 2 aliphatic rings. The number of aromatic nitrogens is 1. The van der Waals surface area contributed by atoms with Crippen molar-refractivity contribution in [3.63, 3.8) is 0 Å². The standard InChI is InChI=1S/C24H23NO2S/c26-24-15-23(28-25-24)17-9-11-18(12-10-17)27-22-14-13-20-19(7-4-8-21(20)22)16-5-2-1-3-6-16/h4-5,7-12,15,22H,1-3,6,13-14H2,(H,25,26)/t22-/m1/s1. The van der Waals surface area contributed by atoms with Crippen LogP contribution < -0.4 is 10.3 Å². The first kappa shape index (κ1) is 17.5. The summed E-state index contributed by atoms with van der Waals surface area (Å²) in [6, 6.07) is 16.4. The van der Waals surface area contributed by atoms with E-state index < -0.39 is 0 Å². The van der Waals surface area contributed by atoms with Gasteiger partial charge in [0.1, 0.15) is 11.9 Å². The van der Waals surface area contributed by atoms with Crippen LogP contribution in [0.15, 0.2) is 59.4 Å². The monoisotopic (exact) mass is 389 g/mol. The number of hydrogen-bond acceptors (Lipinski definition) is 3. The van der Waals surface area contributed by atoms with E-state index in [2.05, 4.69) is 28.6 Å². The fourth-order valence-corrected chi connectivity index (χ4v) is 5.10. The minimum atomic E-state index is -0.0493. The van der Waals surface area contributed by atoms with E-state index >= 15 is 0 Å². The summed E-state index contributed by atoms with van der Waals surface area (Å²) >= 11 is 1.36. The van der Waals surface area contributed by atoms with E-state index in [-0.39, 0.29) is 11.7 Å². The van der Waals surface area contributed by atoms with Gasteiger partial charge in [-0.25, -0.2) is 0 Å². The Kier molecular flexibility index (Phi) is 4.65. The third-order valence-corrected chi connectivity index (χ3v) is 6.67. The number of aromatic amines is 1. The summed E-state index contributed by atoms with van der Waals surface area (Å²) < 4.78 is 9.09. The maximum Gasteiger partial charge on any atom is 0.258 e. The van der Waals surface area contributed by atoms with Gasteiger partial charge >= 0.3 is 0 Å². The van der Waals surface area contributed by atoms with Crippen LogP contribution in [-0.4, -0.2) is 4.37 Å². The normalized spacial score (nSPS) is 18.6. The summed E-state index contributed by atoms with van der Waals surface area (Å²) in [6.07, 6.45) is 9.70. The van der Waals surface area contributed by atoms with Gasteiger partial charge in [-0.05, 0) is 90.6 Å². The molecule has 3 nitrogen and oxygen atoms in total. The fraction of sp³-hybridized carbons (Fsp3) is 0.292. The SMILES string of the molecule is O=c1cc(-c2ccc(O[C@@H]3CCc4c(C5=CCCCC5)cccc43)cc2)s[nH]1. The quantitative estimate of drug-likeness (QED) is 0.583. The predicted molar refractivity (Wildman–Crippen MR) is 115 cm³/mol. The second-order valence-electron chi connectivity index (χ2n) is 7.60. The summed E-state index contributed by atoms with van der Waals surface area (Å²) in [4.78, 5) is 12.3. The number of H-pyrrole nitrogens is 1. The van der Waals surface area contributed by atoms with Gasteiger partial charge in [0.05, 0.1) is 4.88 Å². The number of allylic oxidation sites excluding steroid dienone is 2. The summed E-state index contributed by atoms with van der Waals surface area (Å²) in [5, 5.41) is 0. The van der Waals surface area contributed by atoms with Crippen LogP contribution in [0.3, 0.4) is 0 Å². The molecule has 2 aromatic carbocycles. The van der Waals surface area contributed by atoms with Gasteiger partial charge in [0, 0.05) is 6.07 Å². The highest BCUT2D eigenvalue weighted by Gasteiger charge is 2.27. The first-order chi connectivity index (χ1) is 13.8. The number of rotatable bonds is 4. The van der Waals surface area contributed by atoms with E-state index in [1.807, 2.05) is 24.3 Å². The van der Waals surface area contributed by atoms with E-state index in [4.69, 9.17) is 4.74 Å². The Morgan fingerprint density at radius 2 is 1.93 bits per heavy atom. The minimum Gasteiger partial charge on any atom is -0.486 e. The topological polar surface area (TPSA) is 42.1 Å². The zero-order valence-corrected chi connectivity index (χ0v) is 16.6. The molecule has 5 rings (SSSR count). The van der Waals surface area contributed by atoms with Gasteiger partial charge in [-0.1, -0.05) is 35.8 Å². The first-order valence-electron chi connectivity index (χ1n) is 10.0.